The van der Waals surface area contributed by atoms with E-state index in [2.05, 4.69) is 0 Å². The minimum Gasteiger partial charge on any atom is -0.481 e. The lowest BCUT2D eigenvalue weighted by atomic mass is 9.69. The van der Waals surface area contributed by atoms with Crippen LogP contribution in [0.25, 0.3) is 0 Å². The number of primary amides is 1. The van der Waals surface area contributed by atoms with E-state index in [0.29, 0.717) is 6.54 Å². The van der Waals surface area contributed by atoms with Crippen LogP contribution in [0.1, 0.15) is 83.5 Å². The van der Waals surface area contributed by atoms with Gasteiger partial charge in [0, 0.05) is 6.42 Å². The van der Waals surface area contributed by atoms with Crippen LogP contribution in [0.2, 0.25) is 0 Å². The summed E-state index contributed by atoms with van der Waals surface area (Å²) in [6.07, 6.45) is 10.9. The zero-order chi connectivity index (χ0) is 19.6. The number of hydrogen-bond donors (Lipinski definition) is 4. The summed E-state index contributed by atoms with van der Waals surface area (Å²) in [5, 5.41) is 17.5. The molecule has 0 aliphatic heterocycles. The number of carboxylic acids is 2. The van der Waals surface area contributed by atoms with Gasteiger partial charge in [-0.2, -0.15) is 0 Å². The van der Waals surface area contributed by atoms with Crippen molar-refractivity contribution in [1.29, 1.82) is 0 Å². The van der Waals surface area contributed by atoms with Gasteiger partial charge in [-0.25, -0.2) is 0 Å². The lowest BCUT2D eigenvalue weighted by Gasteiger charge is -2.34. The van der Waals surface area contributed by atoms with Crippen molar-refractivity contribution in [3.8, 4) is 0 Å². The van der Waals surface area contributed by atoms with Crippen LogP contribution in [0.5, 0.6) is 0 Å². The Morgan fingerprint density at radius 2 is 1.08 bits per heavy atom. The molecule has 26 heavy (non-hydrogen) atoms. The van der Waals surface area contributed by atoms with Crippen molar-refractivity contribution in [2.75, 3.05) is 6.54 Å². The van der Waals surface area contributed by atoms with Gasteiger partial charge in [-0.3, -0.25) is 14.4 Å². The van der Waals surface area contributed by atoms with E-state index >= 15 is 0 Å². The van der Waals surface area contributed by atoms with Gasteiger partial charge < -0.3 is 21.7 Å². The van der Waals surface area contributed by atoms with Crippen molar-refractivity contribution in [2.24, 2.45) is 22.3 Å². The first kappa shape index (κ1) is 22.4. The third kappa shape index (κ3) is 7.72. The number of nitrogens with two attached hydrogens (primary N) is 2. The summed E-state index contributed by atoms with van der Waals surface area (Å²) in [5.41, 5.74) is 10.3. The van der Waals surface area contributed by atoms with Crippen LogP contribution in [0.15, 0.2) is 0 Å². The molecule has 0 aromatic rings. The normalized spacial score (nSPS) is 21.1. The van der Waals surface area contributed by atoms with Gasteiger partial charge in [-0.05, 0) is 43.1 Å². The van der Waals surface area contributed by atoms with Gasteiger partial charge in [0.25, 0.3) is 0 Å². The highest BCUT2D eigenvalue weighted by Crippen LogP contribution is 2.42. The van der Waals surface area contributed by atoms with Crippen molar-refractivity contribution < 1.29 is 24.6 Å². The summed E-state index contributed by atoms with van der Waals surface area (Å²) >= 11 is 0. The standard InChI is InChI=1S/C10H17NO3.C9H17NO2/c11-8(12)6-10(7-9(13)14)4-2-1-3-5-10;10-7-9(6-8(11)12)4-2-1-3-5-9/h1-7H2,(H2,11,12)(H,13,14);1-7,10H2,(H,11,12). The van der Waals surface area contributed by atoms with Gasteiger partial charge in [0.15, 0.2) is 0 Å². The number of carbonyl (C=O) groups is 3. The Morgan fingerprint density at radius 3 is 1.42 bits per heavy atom. The number of carboxylic acid groups (broad SMARTS) is 2. The second-order valence-electron chi connectivity index (χ2n) is 8.11. The number of hydrogen-bond acceptors (Lipinski definition) is 4. The lowest BCUT2D eigenvalue weighted by molar-refractivity contribution is -0.142. The summed E-state index contributed by atoms with van der Waals surface area (Å²) in [4.78, 5) is 32.2. The highest BCUT2D eigenvalue weighted by molar-refractivity contribution is 5.76. The Bertz CT molecular complexity index is 462. The molecule has 0 atom stereocenters. The van der Waals surface area contributed by atoms with E-state index in [4.69, 9.17) is 21.7 Å². The van der Waals surface area contributed by atoms with Crippen LogP contribution in [0.3, 0.4) is 0 Å². The molecule has 1 amide bonds. The molecule has 0 spiro atoms. The number of aliphatic carboxylic acids is 2. The van der Waals surface area contributed by atoms with Crippen LogP contribution in [-0.4, -0.2) is 34.6 Å². The molecule has 0 unspecified atom stereocenters. The molecule has 7 heteroatoms. The van der Waals surface area contributed by atoms with Gasteiger partial charge in [-0.15, -0.1) is 0 Å². The fraction of sp³-hybridized carbons (Fsp3) is 0.842. The second-order valence-corrected chi connectivity index (χ2v) is 8.11. The van der Waals surface area contributed by atoms with E-state index < -0.39 is 11.9 Å². The van der Waals surface area contributed by atoms with Crippen LogP contribution in [0.4, 0.5) is 0 Å². The molecule has 2 aliphatic carbocycles. The summed E-state index contributed by atoms with van der Waals surface area (Å²) < 4.78 is 0. The molecule has 0 aromatic heterocycles. The third-order valence-electron chi connectivity index (χ3n) is 5.86. The Morgan fingerprint density at radius 1 is 0.692 bits per heavy atom. The summed E-state index contributed by atoms with van der Waals surface area (Å²) in [5.74, 6) is -1.91. The monoisotopic (exact) mass is 370 g/mol. The smallest absolute Gasteiger partial charge is 0.303 e. The maximum absolute atomic E-state index is 10.9. The molecule has 7 nitrogen and oxygen atoms in total. The average Bonchev–Trinajstić information content (AvgIpc) is 2.55. The minimum absolute atomic E-state index is 0.0793. The summed E-state index contributed by atoms with van der Waals surface area (Å²) in [6, 6.07) is 0. The Kier molecular flexibility index (Phi) is 9.05. The molecule has 0 bridgehead atoms. The Hall–Kier alpha value is -1.63. The molecule has 0 aromatic carbocycles. The molecule has 150 valence electrons. The number of carbonyl (C=O) groups excluding carboxylic acids is 1. The predicted octanol–water partition coefficient (Wildman–Crippen LogP) is 2.66. The van der Waals surface area contributed by atoms with Gasteiger partial charge in [0.05, 0.1) is 12.8 Å². The van der Waals surface area contributed by atoms with Crippen molar-refractivity contribution in [1.82, 2.24) is 0 Å². The third-order valence-corrected chi connectivity index (χ3v) is 5.86. The molecular weight excluding hydrogens is 336 g/mol. The molecular formula is C19H34N2O5. The molecule has 2 saturated carbocycles. The van der Waals surface area contributed by atoms with Gasteiger partial charge in [0.1, 0.15) is 0 Å². The fourth-order valence-corrected chi connectivity index (χ4v) is 4.48. The van der Waals surface area contributed by atoms with E-state index in [1.165, 1.54) is 6.42 Å². The van der Waals surface area contributed by atoms with Gasteiger partial charge in [-0.1, -0.05) is 38.5 Å². The zero-order valence-corrected chi connectivity index (χ0v) is 15.7. The van der Waals surface area contributed by atoms with Crippen molar-refractivity contribution >= 4 is 17.8 Å². The van der Waals surface area contributed by atoms with Gasteiger partial charge in [0.2, 0.25) is 5.91 Å². The van der Waals surface area contributed by atoms with Crippen LogP contribution < -0.4 is 11.5 Å². The minimum atomic E-state index is -0.826. The molecule has 2 fully saturated rings. The fourth-order valence-electron chi connectivity index (χ4n) is 4.48. The summed E-state index contributed by atoms with van der Waals surface area (Å²) in [7, 11) is 0. The molecule has 0 radical (unpaired) electrons. The predicted molar refractivity (Wildman–Crippen MR) is 98.4 cm³/mol. The van der Waals surface area contributed by atoms with Crippen LogP contribution in [0, 0.1) is 10.8 Å². The van der Waals surface area contributed by atoms with E-state index in [0.717, 1.165) is 57.8 Å². The SMILES string of the molecule is NC(=O)CC1(CC(=O)O)CCCCC1.NCC1(CC(=O)O)CCCCC1. The number of rotatable bonds is 7. The van der Waals surface area contributed by atoms with E-state index in [1.807, 2.05) is 0 Å². The molecule has 2 aliphatic rings. The first-order valence-electron chi connectivity index (χ1n) is 9.65. The van der Waals surface area contributed by atoms with E-state index in [9.17, 15) is 14.4 Å². The van der Waals surface area contributed by atoms with E-state index in [-0.39, 0.29) is 36.0 Å². The molecule has 6 N–H and O–H groups in total. The maximum atomic E-state index is 10.9. The Balaban J connectivity index is 0.000000263. The quantitative estimate of drug-likeness (QED) is 0.542. The van der Waals surface area contributed by atoms with Crippen molar-refractivity contribution in [3.63, 3.8) is 0 Å². The molecule has 0 heterocycles. The highest BCUT2D eigenvalue weighted by Gasteiger charge is 2.35. The lowest BCUT2D eigenvalue weighted by Crippen LogP contribution is -2.34. The highest BCUT2D eigenvalue weighted by atomic mass is 16.4. The topological polar surface area (TPSA) is 144 Å². The first-order valence-corrected chi connectivity index (χ1v) is 9.65. The summed E-state index contributed by atoms with van der Waals surface area (Å²) in [6.45, 7) is 0.527. The van der Waals surface area contributed by atoms with Crippen molar-refractivity contribution in [3.05, 3.63) is 0 Å². The average molecular weight is 370 g/mol. The zero-order valence-electron chi connectivity index (χ0n) is 15.7. The molecule has 2 rings (SSSR count). The van der Waals surface area contributed by atoms with Crippen LogP contribution in [-0.2, 0) is 14.4 Å². The maximum Gasteiger partial charge on any atom is 0.303 e. The van der Waals surface area contributed by atoms with Gasteiger partial charge >= 0.3 is 11.9 Å². The second kappa shape index (κ2) is 10.5. The van der Waals surface area contributed by atoms with Crippen LogP contribution >= 0.6 is 0 Å². The molecule has 0 saturated heterocycles. The Labute approximate surface area is 155 Å². The largest absolute Gasteiger partial charge is 0.481 e. The van der Waals surface area contributed by atoms with E-state index in [1.54, 1.807) is 0 Å². The first-order chi connectivity index (χ1) is 12.2. The number of amides is 1. The van der Waals surface area contributed by atoms with Crippen molar-refractivity contribution in [2.45, 2.75) is 83.5 Å².